The van der Waals surface area contributed by atoms with Gasteiger partial charge in [0.25, 0.3) is 15.2 Å². The van der Waals surface area contributed by atoms with E-state index in [0.717, 1.165) is 10.6 Å². The number of ether oxygens (including phenoxy) is 1. The molecule has 0 amide bonds. The molecule has 2 heterocycles. The summed E-state index contributed by atoms with van der Waals surface area (Å²) in [7, 11) is -4.15. The fourth-order valence-electron chi connectivity index (χ4n) is 2.05. The molecule has 0 aliphatic rings. The molecule has 0 aliphatic carbocycles. The molecule has 3 rings (SSSR count). The van der Waals surface area contributed by atoms with Crippen molar-refractivity contribution in [1.29, 1.82) is 0 Å². The highest BCUT2D eigenvalue weighted by Gasteiger charge is 2.19. The van der Waals surface area contributed by atoms with Gasteiger partial charge >= 0.3 is 6.01 Å². The second-order valence-electron chi connectivity index (χ2n) is 4.87. The lowest BCUT2D eigenvalue weighted by Gasteiger charge is -2.09. The van der Waals surface area contributed by atoms with Crippen LogP contribution in [0.25, 0.3) is 5.65 Å². The van der Waals surface area contributed by atoms with Gasteiger partial charge in [-0.05, 0) is 17.7 Å². The number of aromatic nitrogens is 4. The Morgan fingerprint density at radius 2 is 1.92 bits per heavy atom. The lowest BCUT2D eigenvalue weighted by Crippen LogP contribution is -2.14. The molecule has 8 nitrogen and oxygen atoms in total. The Balaban J connectivity index is 1.87. The summed E-state index contributed by atoms with van der Waals surface area (Å²) in [5, 5.41) is 8.90. The summed E-state index contributed by atoms with van der Waals surface area (Å²) in [5.74, 6) is -0.911. The molecule has 3 aromatic rings. The Bertz CT molecular complexity index is 1040. The van der Waals surface area contributed by atoms with Crippen molar-refractivity contribution < 1.29 is 17.5 Å². The number of benzene rings is 1. The molecule has 0 radical (unpaired) electrons. The third-order valence-corrected chi connectivity index (χ3v) is 4.53. The number of nitrogens with two attached hydrogens (primary N) is 1. The molecule has 0 saturated heterocycles. The third-order valence-electron chi connectivity index (χ3n) is 3.14. The van der Waals surface area contributed by atoms with Crippen LogP contribution in [0.1, 0.15) is 5.56 Å². The zero-order valence-electron chi connectivity index (χ0n) is 12.4. The van der Waals surface area contributed by atoms with Gasteiger partial charge < -0.3 is 4.74 Å². The molecule has 0 bridgehead atoms. The number of sulfonamides is 1. The van der Waals surface area contributed by atoms with E-state index in [0.29, 0.717) is 22.0 Å². The van der Waals surface area contributed by atoms with Crippen molar-refractivity contribution in [2.24, 2.45) is 5.14 Å². The number of nitrogens with zero attached hydrogens (tertiary/aromatic N) is 4. The largest absolute Gasteiger partial charge is 0.463 e. The van der Waals surface area contributed by atoms with Crippen LogP contribution in [0, 0.1) is 5.95 Å². The summed E-state index contributed by atoms with van der Waals surface area (Å²) in [6, 6.07) is 5.69. The van der Waals surface area contributed by atoms with Gasteiger partial charge in [0.15, 0.2) is 5.65 Å². The van der Waals surface area contributed by atoms with Crippen molar-refractivity contribution in [2.75, 3.05) is 6.61 Å². The first kappa shape index (κ1) is 17.8. The molecule has 12 heteroatoms. The lowest BCUT2D eigenvalue weighted by molar-refractivity contribution is 0.281. The Morgan fingerprint density at radius 3 is 2.56 bits per heavy atom. The Hall–Kier alpha value is -2.01. The topological polar surface area (TPSA) is 112 Å². The molecule has 2 N–H and O–H groups in total. The monoisotopic (exact) mass is 405 g/mol. The molecular weight excluding hydrogens is 396 g/mol. The van der Waals surface area contributed by atoms with E-state index in [4.69, 9.17) is 33.1 Å². The average Bonchev–Trinajstić information content (AvgIpc) is 2.94. The minimum absolute atomic E-state index is 0.0412. The van der Waals surface area contributed by atoms with Gasteiger partial charge in [0, 0.05) is 22.5 Å². The van der Waals surface area contributed by atoms with E-state index < -0.39 is 21.1 Å². The van der Waals surface area contributed by atoms with Gasteiger partial charge in [-0.2, -0.15) is 18.9 Å². The van der Waals surface area contributed by atoms with Gasteiger partial charge in [-0.1, -0.05) is 29.3 Å². The maximum absolute atomic E-state index is 13.6. The summed E-state index contributed by atoms with van der Waals surface area (Å²) in [6.45, 7) is 0.0412. The smallest absolute Gasteiger partial charge is 0.322 e. The minimum atomic E-state index is -4.15. The van der Waals surface area contributed by atoms with Crippen LogP contribution < -0.4 is 9.88 Å². The Labute approximate surface area is 151 Å². The van der Waals surface area contributed by atoms with Crippen molar-refractivity contribution in [3.05, 3.63) is 45.8 Å². The Kier molecular flexibility index (Phi) is 4.78. The number of hydrogen-bond donors (Lipinski definition) is 1. The molecule has 1 aromatic carbocycles. The second kappa shape index (κ2) is 6.71. The SMILES string of the molecule is NS(=O)(=O)c1nc2cc(F)nc(OCCc3c(Cl)cccc3Cl)n2n1. The molecule has 0 fully saturated rings. The number of halogens is 3. The average molecular weight is 406 g/mol. The van der Waals surface area contributed by atoms with Gasteiger partial charge in [-0.15, -0.1) is 5.10 Å². The normalized spacial score (nSPS) is 11.8. The lowest BCUT2D eigenvalue weighted by atomic mass is 10.1. The van der Waals surface area contributed by atoms with E-state index in [2.05, 4.69) is 15.1 Å². The summed E-state index contributed by atoms with van der Waals surface area (Å²) in [4.78, 5) is 7.18. The van der Waals surface area contributed by atoms with E-state index in [1.807, 2.05) is 0 Å². The summed E-state index contributed by atoms with van der Waals surface area (Å²) in [6.07, 6.45) is 0.314. The fraction of sp³-hybridized carbons (Fsp3) is 0.154. The van der Waals surface area contributed by atoms with Crippen molar-refractivity contribution in [2.45, 2.75) is 11.6 Å². The molecule has 132 valence electrons. The zero-order chi connectivity index (χ0) is 18.2. The minimum Gasteiger partial charge on any atom is -0.463 e. The molecule has 0 atom stereocenters. The van der Waals surface area contributed by atoms with Gasteiger partial charge in [0.1, 0.15) is 0 Å². The molecule has 0 aliphatic heterocycles. The van der Waals surface area contributed by atoms with Gasteiger partial charge in [0.2, 0.25) is 5.95 Å². The molecule has 25 heavy (non-hydrogen) atoms. The van der Waals surface area contributed by atoms with Gasteiger partial charge in [-0.25, -0.2) is 13.6 Å². The van der Waals surface area contributed by atoms with E-state index in [1.54, 1.807) is 18.2 Å². The summed E-state index contributed by atoms with van der Waals surface area (Å²) < 4.78 is 42.6. The van der Waals surface area contributed by atoms with Gasteiger partial charge in [0.05, 0.1) is 6.61 Å². The summed E-state index contributed by atoms with van der Waals surface area (Å²) >= 11 is 12.1. The molecule has 0 unspecified atom stereocenters. The first-order valence-electron chi connectivity index (χ1n) is 6.77. The number of primary sulfonamides is 1. The van der Waals surface area contributed by atoms with Gasteiger partial charge in [-0.3, -0.25) is 0 Å². The fourth-order valence-corrected chi connectivity index (χ4v) is 3.05. The van der Waals surface area contributed by atoms with E-state index >= 15 is 0 Å². The van der Waals surface area contributed by atoms with Crippen molar-refractivity contribution in [1.82, 2.24) is 19.6 Å². The van der Waals surface area contributed by atoms with E-state index in [-0.39, 0.29) is 18.3 Å². The van der Waals surface area contributed by atoms with E-state index in [9.17, 15) is 12.8 Å². The maximum Gasteiger partial charge on any atom is 0.322 e. The third kappa shape index (κ3) is 3.82. The van der Waals surface area contributed by atoms with Crippen molar-refractivity contribution in [3.8, 4) is 6.01 Å². The standard InChI is InChI=1S/C13H10Cl2FN5O3S/c14-8-2-1-3-9(15)7(8)4-5-24-13-18-10(16)6-11-19-12(20-21(11)13)25(17,22)23/h1-3,6H,4-5H2,(H2,17,22,23). The number of rotatable bonds is 5. The molecule has 2 aromatic heterocycles. The van der Waals surface area contributed by atoms with Crippen LogP contribution in [0.3, 0.4) is 0 Å². The highest BCUT2D eigenvalue weighted by Crippen LogP contribution is 2.25. The molecule has 0 saturated carbocycles. The van der Waals surface area contributed by atoms with Crippen molar-refractivity contribution >= 4 is 38.9 Å². The van der Waals surface area contributed by atoms with E-state index in [1.165, 1.54) is 0 Å². The summed E-state index contributed by atoms with van der Waals surface area (Å²) in [5.41, 5.74) is 0.546. The van der Waals surface area contributed by atoms with Crippen LogP contribution in [-0.2, 0) is 16.4 Å². The number of fused-ring (bicyclic) bond motifs is 1. The predicted octanol–water partition coefficient (Wildman–Crippen LogP) is 1.84. The maximum atomic E-state index is 13.6. The first-order valence-corrected chi connectivity index (χ1v) is 9.08. The van der Waals surface area contributed by atoms with Crippen LogP contribution in [-0.4, -0.2) is 34.6 Å². The highest BCUT2D eigenvalue weighted by molar-refractivity contribution is 7.89. The quantitative estimate of drug-likeness (QED) is 0.647. The Morgan fingerprint density at radius 1 is 1.24 bits per heavy atom. The van der Waals surface area contributed by atoms with Crippen molar-refractivity contribution in [3.63, 3.8) is 0 Å². The molecule has 0 spiro atoms. The number of hydrogen-bond acceptors (Lipinski definition) is 6. The second-order valence-corrected chi connectivity index (χ2v) is 7.14. The highest BCUT2D eigenvalue weighted by atomic mass is 35.5. The van der Waals surface area contributed by atoms with Crippen LogP contribution in [0.4, 0.5) is 4.39 Å². The zero-order valence-corrected chi connectivity index (χ0v) is 14.7. The van der Waals surface area contributed by atoms with Crippen LogP contribution in [0.15, 0.2) is 29.4 Å². The van der Waals surface area contributed by atoms with Crippen LogP contribution in [0.2, 0.25) is 10.0 Å². The first-order chi connectivity index (χ1) is 11.8. The molecular formula is C13H10Cl2FN5O3S. The van der Waals surface area contributed by atoms with Crippen LogP contribution in [0.5, 0.6) is 6.01 Å². The predicted molar refractivity (Wildman–Crippen MR) is 87.8 cm³/mol. The van der Waals surface area contributed by atoms with Crippen LogP contribution >= 0.6 is 23.2 Å².